The summed E-state index contributed by atoms with van der Waals surface area (Å²) in [6.07, 6.45) is 0. The summed E-state index contributed by atoms with van der Waals surface area (Å²) in [7, 11) is 1.59. The maximum atomic E-state index is 13.5. The van der Waals surface area contributed by atoms with Crippen molar-refractivity contribution in [3.63, 3.8) is 0 Å². The first-order chi connectivity index (χ1) is 17.1. The molecule has 0 atom stereocenters. The number of fused-ring (bicyclic) bond motifs is 1. The zero-order chi connectivity index (χ0) is 24.5. The quantitative estimate of drug-likeness (QED) is 0.338. The van der Waals surface area contributed by atoms with Gasteiger partial charge in [0.05, 0.1) is 25.4 Å². The van der Waals surface area contributed by atoms with Crippen molar-refractivity contribution in [2.45, 2.75) is 18.0 Å². The first-order valence-electron chi connectivity index (χ1n) is 11.3. The summed E-state index contributed by atoms with van der Waals surface area (Å²) >= 11 is 3.06. The van der Waals surface area contributed by atoms with Gasteiger partial charge in [0, 0.05) is 30.0 Å². The molecule has 0 unspecified atom stereocenters. The summed E-state index contributed by atoms with van der Waals surface area (Å²) in [5, 5.41) is 1.99. The number of carbonyl (C=O) groups is 2. The molecule has 3 aromatic rings. The van der Waals surface area contributed by atoms with E-state index in [-0.39, 0.29) is 30.9 Å². The smallest absolute Gasteiger partial charge is 0.242 e. The van der Waals surface area contributed by atoms with Crippen molar-refractivity contribution in [3.8, 4) is 11.5 Å². The molecule has 0 saturated heterocycles. The summed E-state index contributed by atoms with van der Waals surface area (Å²) in [5.74, 6) is 1.43. The highest BCUT2D eigenvalue weighted by molar-refractivity contribution is 8.00. The van der Waals surface area contributed by atoms with E-state index in [1.54, 1.807) is 28.2 Å². The summed E-state index contributed by atoms with van der Waals surface area (Å²) in [6.45, 7) is 1.78. The van der Waals surface area contributed by atoms with Gasteiger partial charge >= 0.3 is 0 Å². The van der Waals surface area contributed by atoms with E-state index in [9.17, 15) is 9.59 Å². The maximum absolute atomic E-state index is 13.5. The van der Waals surface area contributed by atoms with Gasteiger partial charge in [-0.2, -0.15) is 0 Å². The lowest BCUT2D eigenvalue weighted by Gasteiger charge is -2.27. The van der Waals surface area contributed by atoms with Crippen molar-refractivity contribution in [3.05, 3.63) is 76.5 Å². The van der Waals surface area contributed by atoms with Gasteiger partial charge in [0.25, 0.3) is 0 Å². The van der Waals surface area contributed by atoms with Gasteiger partial charge in [-0.05, 0) is 41.3 Å². The van der Waals surface area contributed by atoms with E-state index in [4.69, 9.17) is 14.2 Å². The third kappa shape index (κ3) is 7.24. The first kappa shape index (κ1) is 25.1. The van der Waals surface area contributed by atoms with Crippen LogP contribution >= 0.6 is 23.1 Å². The minimum absolute atomic E-state index is 0.00648. The first-order valence-corrected chi connectivity index (χ1v) is 13.1. The fraction of sp³-hybridized carbons (Fsp3) is 0.308. The molecule has 0 aliphatic carbocycles. The Kier molecular flexibility index (Phi) is 9.05. The normalized spacial score (nSPS) is 11.9. The Balaban J connectivity index is 1.45. The molecule has 184 valence electrons. The largest absolute Gasteiger partial charge is 0.454 e. The Morgan fingerprint density at radius 2 is 1.80 bits per heavy atom. The summed E-state index contributed by atoms with van der Waals surface area (Å²) in [6, 6.07) is 19.4. The van der Waals surface area contributed by atoms with E-state index in [1.165, 1.54) is 11.8 Å². The van der Waals surface area contributed by atoms with Gasteiger partial charge in [-0.25, -0.2) is 0 Å². The van der Waals surface area contributed by atoms with Crippen LogP contribution in [0, 0.1) is 0 Å². The average Bonchev–Trinajstić information content (AvgIpc) is 3.57. The number of amides is 2. The summed E-state index contributed by atoms with van der Waals surface area (Å²) in [4.78, 5) is 32.0. The van der Waals surface area contributed by atoms with Crippen molar-refractivity contribution in [1.29, 1.82) is 0 Å². The van der Waals surface area contributed by atoms with E-state index in [0.29, 0.717) is 37.7 Å². The van der Waals surface area contributed by atoms with E-state index >= 15 is 0 Å². The lowest BCUT2D eigenvalue weighted by Crippen LogP contribution is -2.44. The molecule has 0 fully saturated rings. The Labute approximate surface area is 213 Å². The van der Waals surface area contributed by atoms with Gasteiger partial charge in [0.2, 0.25) is 18.6 Å². The van der Waals surface area contributed by atoms with Crippen LogP contribution in [0.1, 0.15) is 10.4 Å². The maximum Gasteiger partial charge on any atom is 0.242 e. The molecule has 0 radical (unpaired) electrons. The average molecular weight is 513 g/mol. The van der Waals surface area contributed by atoms with Crippen LogP contribution in [0.5, 0.6) is 11.5 Å². The molecular formula is C26H28N2O5S2. The molecule has 0 N–H and O–H groups in total. The molecule has 7 nitrogen and oxygen atoms in total. The van der Waals surface area contributed by atoms with Crippen LogP contribution in [-0.2, 0) is 27.4 Å². The molecule has 35 heavy (non-hydrogen) atoms. The van der Waals surface area contributed by atoms with Gasteiger partial charge in [-0.3, -0.25) is 9.59 Å². The van der Waals surface area contributed by atoms with Gasteiger partial charge in [0.15, 0.2) is 11.5 Å². The third-order valence-corrected chi connectivity index (χ3v) is 7.30. The van der Waals surface area contributed by atoms with E-state index in [0.717, 1.165) is 15.3 Å². The van der Waals surface area contributed by atoms with Crippen LogP contribution in [0.4, 0.5) is 0 Å². The SMILES string of the molecule is COCCN(CC(=O)N(Cc1ccc2c(c1)OCO2)Cc1cccs1)C(=O)CSc1ccccc1. The van der Waals surface area contributed by atoms with E-state index in [2.05, 4.69) is 0 Å². The Hall–Kier alpha value is -3.01. The number of benzene rings is 2. The molecular weight excluding hydrogens is 484 g/mol. The number of hydrogen-bond donors (Lipinski definition) is 0. The second-order valence-corrected chi connectivity index (χ2v) is 10.0. The highest BCUT2D eigenvalue weighted by Gasteiger charge is 2.23. The zero-order valence-electron chi connectivity index (χ0n) is 19.6. The van der Waals surface area contributed by atoms with Crippen molar-refractivity contribution >= 4 is 34.9 Å². The molecule has 0 bridgehead atoms. The van der Waals surface area contributed by atoms with Crippen LogP contribution in [0.3, 0.4) is 0 Å². The Bertz CT molecular complexity index is 1110. The minimum Gasteiger partial charge on any atom is -0.454 e. The number of nitrogens with zero attached hydrogens (tertiary/aromatic N) is 2. The van der Waals surface area contributed by atoms with Crippen LogP contribution in [0.25, 0.3) is 0 Å². The topological polar surface area (TPSA) is 68.3 Å². The highest BCUT2D eigenvalue weighted by atomic mass is 32.2. The van der Waals surface area contributed by atoms with Crippen molar-refractivity contribution in [2.24, 2.45) is 0 Å². The molecule has 1 aromatic heterocycles. The number of methoxy groups -OCH3 is 1. The number of thiophene rings is 1. The van der Waals surface area contributed by atoms with Gasteiger partial charge in [-0.15, -0.1) is 23.1 Å². The molecule has 1 aliphatic heterocycles. The lowest BCUT2D eigenvalue weighted by molar-refractivity contribution is -0.140. The zero-order valence-corrected chi connectivity index (χ0v) is 21.2. The summed E-state index contributed by atoms with van der Waals surface area (Å²) < 4.78 is 16.1. The van der Waals surface area contributed by atoms with Gasteiger partial charge < -0.3 is 24.0 Å². The molecule has 2 aromatic carbocycles. The standard InChI is InChI=1S/C26H28N2O5S2/c1-31-12-11-27(26(30)18-35-21-6-3-2-4-7-21)17-25(29)28(16-22-8-5-13-34-22)15-20-9-10-23-24(14-20)33-19-32-23/h2-10,13-14H,11-12,15-19H2,1H3. The second-order valence-electron chi connectivity index (χ2n) is 7.93. The van der Waals surface area contributed by atoms with Crippen LogP contribution in [0.15, 0.2) is 70.9 Å². The van der Waals surface area contributed by atoms with E-state index < -0.39 is 0 Å². The molecule has 4 rings (SSSR count). The summed E-state index contributed by atoms with van der Waals surface area (Å²) in [5.41, 5.74) is 0.938. The third-order valence-electron chi connectivity index (χ3n) is 5.44. The minimum atomic E-state index is -0.120. The van der Waals surface area contributed by atoms with Crippen LogP contribution < -0.4 is 9.47 Å². The van der Waals surface area contributed by atoms with Crippen molar-refractivity contribution in [2.75, 3.05) is 39.4 Å². The number of thioether (sulfide) groups is 1. The predicted molar refractivity (Wildman–Crippen MR) is 137 cm³/mol. The van der Waals surface area contributed by atoms with E-state index in [1.807, 2.05) is 66.0 Å². The van der Waals surface area contributed by atoms with Crippen LogP contribution in [0.2, 0.25) is 0 Å². The number of rotatable bonds is 12. The molecule has 2 heterocycles. The predicted octanol–water partition coefficient (Wildman–Crippen LogP) is 4.27. The fourth-order valence-electron chi connectivity index (χ4n) is 3.59. The van der Waals surface area contributed by atoms with Crippen molar-refractivity contribution < 1.29 is 23.8 Å². The highest BCUT2D eigenvalue weighted by Crippen LogP contribution is 2.33. The van der Waals surface area contributed by atoms with Crippen LogP contribution in [-0.4, -0.2) is 61.0 Å². The molecule has 0 saturated carbocycles. The number of hydrogen-bond acceptors (Lipinski definition) is 7. The monoisotopic (exact) mass is 512 g/mol. The number of carbonyl (C=O) groups excluding carboxylic acids is 2. The second kappa shape index (κ2) is 12.6. The van der Waals surface area contributed by atoms with Gasteiger partial charge in [-0.1, -0.05) is 30.3 Å². The molecule has 0 spiro atoms. The van der Waals surface area contributed by atoms with Gasteiger partial charge in [0.1, 0.15) is 0 Å². The molecule has 2 amide bonds. The fourth-order valence-corrected chi connectivity index (χ4v) is 5.13. The molecule has 9 heteroatoms. The Morgan fingerprint density at radius 1 is 0.971 bits per heavy atom. The Morgan fingerprint density at radius 3 is 2.57 bits per heavy atom. The number of ether oxygens (including phenoxy) is 3. The molecule has 1 aliphatic rings. The lowest BCUT2D eigenvalue weighted by atomic mass is 10.2. The van der Waals surface area contributed by atoms with Crippen molar-refractivity contribution in [1.82, 2.24) is 9.80 Å².